The van der Waals surface area contributed by atoms with Gasteiger partial charge < -0.3 is 15.2 Å². The highest BCUT2D eigenvalue weighted by atomic mass is 16.5. The highest BCUT2D eigenvalue weighted by molar-refractivity contribution is 5.62. The molecule has 0 fully saturated rings. The van der Waals surface area contributed by atoms with Gasteiger partial charge in [0.05, 0.1) is 6.20 Å². The van der Waals surface area contributed by atoms with Crippen molar-refractivity contribution in [2.45, 2.75) is 20.8 Å². The van der Waals surface area contributed by atoms with Crippen molar-refractivity contribution in [3.8, 4) is 0 Å². The second-order valence-electron chi connectivity index (χ2n) is 4.99. The first-order valence-electron chi connectivity index (χ1n) is 6.85. The van der Waals surface area contributed by atoms with Crippen LogP contribution in [0.15, 0.2) is 35.0 Å². The Hall–Kier alpha value is -2.96. The minimum absolute atomic E-state index is 0.351. The van der Waals surface area contributed by atoms with Crippen LogP contribution in [0.4, 0.5) is 23.3 Å². The molecule has 0 aliphatic rings. The molecule has 2 aromatic heterocycles. The summed E-state index contributed by atoms with van der Waals surface area (Å²) in [5, 5.41) is 17.9. The first kappa shape index (κ1) is 14.0. The maximum Gasteiger partial charge on any atom is 0.250 e. The molecule has 0 bridgehead atoms. The Kier molecular flexibility index (Phi) is 3.69. The number of benzene rings is 1. The van der Waals surface area contributed by atoms with E-state index in [2.05, 4.69) is 50.9 Å². The molecule has 3 aromatic rings. The third-order valence-corrected chi connectivity index (χ3v) is 3.29. The lowest BCUT2D eigenvalue weighted by Crippen LogP contribution is -2.03. The fourth-order valence-electron chi connectivity index (χ4n) is 1.98. The molecule has 0 aliphatic heterocycles. The van der Waals surface area contributed by atoms with Crippen LogP contribution in [0.25, 0.3) is 0 Å². The van der Waals surface area contributed by atoms with Gasteiger partial charge in [-0.3, -0.25) is 0 Å². The van der Waals surface area contributed by atoms with Crippen molar-refractivity contribution in [1.29, 1.82) is 0 Å². The minimum atomic E-state index is 0.351. The molecule has 2 N–H and O–H groups in total. The number of aryl methyl sites for hydroxylation is 2. The molecular formula is C15H16N6O. The zero-order valence-corrected chi connectivity index (χ0v) is 12.6. The van der Waals surface area contributed by atoms with E-state index in [0.717, 1.165) is 5.69 Å². The van der Waals surface area contributed by atoms with Gasteiger partial charge >= 0.3 is 0 Å². The largest absolute Gasteiger partial charge is 0.360 e. The van der Waals surface area contributed by atoms with E-state index < -0.39 is 0 Å². The standard InChI is InChI=1S/C15H16N6O/c1-9-5-4-6-12(11(9)3)17-14-8-16-20-15(19-14)18-13-7-10(2)22-21-13/h4-8H,1-3H3,(H2,17,18,19,20,21). The summed E-state index contributed by atoms with van der Waals surface area (Å²) in [4.78, 5) is 4.37. The molecule has 1 aromatic carbocycles. The molecule has 0 saturated carbocycles. The summed E-state index contributed by atoms with van der Waals surface area (Å²) in [6.07, 6.45) is 1.57. The molecule has 112 valence electrons. The first-order valence-corrected chi connectivity index (χ1v) is 6.85. The summed E-state index contributed by atoms with van der Waals surface area (Å²) < 4.78 is 4.99. The molecule has 0 aliphatic carbocycles. The van der Waals surface area contributed by atoms with Gasteiger partial charge in [-0.05, 0) is 38.0 Å². The number of nitrogens with zero attached hydrogens (tertiary/aromatic N) is 4. The lowest BCUT2D eigenvalue weighted by Gasteiger charge is -2.10. The molecule has 7 nitrogen and oxygen atoms in total. The molecule has 2 heterocycles. The molecule has 22 heavy (non-hydrogen) atoms. The second kappa shape index (κ2) is 5.80. The molecule has 0 radical (unpaired) electrons. The van der Waals surface area contributed by atoms with Gasteiger partial charge in [-0.15, -0.1) is 5.10 Å². The van der Waals surface area contributed by atoms with Gasteiger partial charge in [-0.25, -0.2) is 0 Å². The maximum atomic E-state index is 4.99. The summed E-state index contributed by atoms with van der Waals surface area (Å²) in [5.74, 6) is 2.21. The van der Waals surface area contributed by atoms with Crippen LogP contribution in [0.5, 0.6) is 0 Å². The predicted octanol–water partition coefficient (Wildman–Crippen LogP) is 3.27. The van der Waals surface area contributed by atoms with Gasteiger partial charge in [-0.1, -0.05) is 17.3 Å². The van der Waals surface area contributed by atoms with Crippen LogP contribution < -0.4 is 10.6 Å². The lowest BCUT2D eigenvalue weighted by molar-refractivity contribution is 0.400. The van der Waals surface area contributed by atoms with Crippen molar-refractivity contribution in [3.05, 3.63) is 47.3 Å². The maximum absolute atomic E-state index is 4.99. The average Bonchev–Trinajstić information content (AvgIpc) is 2.89. The quantitative estimate of drug-likeness (QED) is 0.763. The molecule has 0 unspecified atom stereocenters. The van der Waals surface area contributed by atoms with E-state index in [1.807, 2.05) is 19.1 Å². The van der Waals surface area contributed by atoms with Crippen molar-refractivity contribution in [2.75, 3.05) is 10.6 Å². The smallest absolute Gasteiger partial charge is 0.250 e. The predicted molar refractivity (Wildman–Crippen MR) is 83.5 cm³/mol. The molecule has 0 saturated heterocycles. The SMILES string of the molecule is Cc1cc(Nc2nncc(Nc3cccc(C)c3C)n2)no1. The number of rotatable bonds is 4. The second-order valence-corrected chi connectivity index (χ2v) is 4.99. The molecule has 0 atom stereocenters. The summed E-state index contributed by atoms with van der Waals surface area (Å²) in [7, 11) is 0. The Balaban J connectivity index is 1.80. The Bertz CT molecular complexity index is 798. The first-order chi connectivity index (χ1) is 10.6. The lowest BCUT2D eigenvalue weighted by atomic mass is 10.1. The van der Waals surface area contributed by atoms with E-state index in [1.54, 1.807) is 12.3 Å². The van der Waals surface area contributed by atoms with Gasteiger partial charge in [-0.2, -0.15) is 10.1 Å². The number of hydrogen-bond donors (Lipinski definition) is 2. The monoisotopic (exact) mass is 296 g/mol. The molecule has 7 heteroatoms. The Morgan fingerprint density at radius 1 is 1.05 bits per heavy atom. The number of hydrogen-bond acceptors (Lipinski definition) is 7. The summed E-state index contributed by atoms with van der Waals surface area (Å²) in [5.41, 5.74) is 3.37. The fraction of sp³-hybridized carbons (Fsp3) is 0.200. The topological polar surface area (TPSA) is 88.8 Å². The zero-order valence-electron chi connectivity index (χ0n) is 12.6. The van der Waals surface area contributed by atoms with Crippen molar-refractivity contribution in [3.63, 3.8) is 0 Å². The highest BCUT2D eigenvalue weighted by Crippen LogP contribution is 2.22. The number of nitrogens with one attached hydrogen (secondary N) is 2. The fourth-order valence-corrected chi connectivity index (χ4v) is 1.98. The molecular weight excluding hydrogens is 280 g/mol. The third kappa shape index (κ3) is 3.03. The number of anilines is 4. The highest BCUT2D eigenvalue weighted by Gasteiger charge is 2.06. The van der Waals surface area contributed by atoms with E-state index in [4.69, 9.17) is 4.52 Å². The summed E-state index contributed by atoms with van der Waals surface area (Å²) in [6, 6.07) is 7.82. The van der Waals surface area contributed by atoms with Gasteiger partial charge in [0.25, 0.3) is 0 Å². The Labute approximate surface area is 127 Å². The van der Waals surface area contributed by atoms with E-state index in [9.17, 15) is 0 Å². The van der Waals surface area contributed by atoms with E-state index in [1.165, 1.54) is 11.1 Å². The Morgan fingerprint density at radius 3 is 2.68 bits per heavy atom. The zero-order chi connectivity index (χ0) is 15.5. The van der Waals surface area contributed by atoms with Crippen molar-refractivity contribution < 1.29 is 4.52 Å². The van der Waals surface area contributed by atoms with E-state index >= 15 is 0 Å². The van der Waals surface area contributed by atoms with Crippen LogP contribution in [0.1, 0.15) is 16.9 Å². The van der Waals surface area contributed by atoms with Gasteiger partial charge in [0.2, 0.25) is 5.95 Å². The molecule has 3 rings (SSSR count). The van der Waals surface area contributed by atoms with Crippen LogP contribution in [0.2, 0.25) is 0 Å². The van der Waals surface area contributed by atoms with Crippen LogP contribution in [0.3, 0.4) is 0 Å². The van der Waals surface area contributed by atoms with Crippen LogP contribution in [-0.2, 0) is 0 Å². The van der Waals surface area contributed by atoms with E-state index in [-0.39, 0.29) is 0 Å². The normalized spacial score (nSPS) is 10.5. The molecule has 0 spiro atoms. The average molecular weight is 296 g/mol. The summed E-state index contributed by atoms with van der Waals surface area (Å²) in [6.45, 7) is 5.94. The van der Waals surface area contributed by atoms with Gasteiger partial charge in [0.1, 0.15) is 5.76 Å². The van der Waals surface area contributed by atoms with Gasteiger partial charge in [0.15, 0.2) is 11.6 Å². The van der Waals surface area contributed by atoms with Crippen LogP contribution in [-0.4, -0.2) is 20.3 Å². The third-order valence-electron chi connectivity index (χ3n) is 3.29. The van der Waals surface area contributed by atoms with Crippen LogP contribution >= 0.6 is 0 Å². The Morgan fingerprint density at radius 2 is 1.91 bits per heavy atom. The summed E-state index contributed by atoms with van der Waals surface area (Å²) >= 11 is 0. The van der Waals surface area contributed by atoms with Crippen molar-refractivity contribution in [2.24, 2.45) is 0 Å². The van der Waals surface area contributed by atoms with Crippen LogP contribution in [0, 0.1) is 20.8 Å². The van der Waals surface area contributed by atoms with Crippen molar-refractivity contribution in [1.82, 2.24) is 20.3 Å². The minimum Gasteiger partial charge on any atom is -0.360 e. The molecule has 0 amide bonds. The van der Waals surface area contributed by atoms with E-state index in [0.29, 0.717) is 23.3 Å². The number of aromatic nitrogens is 4. The van der Waals surface area contributed by atoms with Gasteiger partial charge in [0, 0.05) is 11.8 Å². The van der Waals surface area contributed by atoms with Crippen molar-refractivity contribution >= 4 is 23.3 Å².